The fraction of sp³-hybridized carbons (Fsp3) is 0.438. The predicted molar refractivity (Wildman–Crippen MR) is 80.2 cm³/mol. The van der Waals surface area contributed by atoms with E-state index < -0.39 is 0 Å². The van der Waals surface area contributed by atoms with E-state index in [-0.39, 0.29) is 12.1 Å². The summed E-state index contributed by atoms with van der Waals surface area (Å²) in [5, 5.41) is 14.2. The molecule has 1 aromatic carbocycles. The van der Waals surface area contributed by atoms with Crippen LogP contribution in [0.3, 0.4) is 0 Å². The largest absolute Gasteiger partial charge is 0.497 e. The molecule has 5 nitrogen and oxygen atoms in total. The van der Waals surface area contributed by atoms with Crippen molar-refractivity contribution >= 4 is 0 Å². The maximum absolute atomic E-state index is 10.0. The van der Waals surface area contributed by atoms with Crippen LogP contribution in [0.2, 0.25) is 0 Å². The highest BCUT2D eigenvalue weighted by Crippen LogP contribution is 2.33. The second-order valence-corrected chi connectivity index (χ2v) is 5.45. The van der Waals surface area contributed by atoms with E-state index in [1.807, 2.05) is 29.1 Å². The molecule has 0 radical (unpaired) electrons. The molecule has 1 N–H and O–H groups in total. The molecule has 0 spiro atoms. The summed E-state index contributed by atoms with van der Waals surface area (Å²) < 4.78 is 7.22. The van der Waals surface area contributed by atoms with Gasteiger partial charge in [0, 0.05) is 31.5 Å². The van der Waals surface area contributed by atoms with Gasteiger partial charge in [-0.25, -0.2) is 0 Å². The van der Waals surface area contributed by atoms with Gasteiger partial charge in [-0.15, -0.1) is 0 Å². The van der Waals surface area contributed by atoms with E-state index in [0.29, 0.717) is 6.54 Å². The molecule has 3 rings (SSSR count). The van der Waals surface area contributed by atoms with Crippen LogP contribution in [0.4, 0.5) is 0 Å². The van der Waals surface area contributed by atoms with Gasteiger partial charge in [0.2, 0.25) is 0 Å². The van der Waals surface area contributed by atoms with Crippen LogP contribution in [0.15, 0.2) is 42.7 Å². The van der Waals surface area contributed by atoms with Gasteiger partial charge < -0.3 is 9.84 Å². The van der Waals surface area contributed by atoms with Gasteiger partial charge in [0.25, 0.3) is 0 Å². The molecule has 1 aliphatic rings. The Kier molecular flexibility index (Phi) is 4.22. The first-order chi connectivity index (χ1) is 10.3. The first-order valence-corrected chi connectivity index (χ1v) is 7.30. The van der Waals surface area contributed by atoms with Gasteiger partial charge in [-0.05, 0) is 30.2 Å². The molecule has 21 heavy (non-hydrogen) atoms. The third-order valence-electron chi connectivity index (χ3n) is 4.04. The lowest BCUT2D eigenvalue weighted by molar-refractivity contribution is 0.172. The highest BCUT2D eigenvalue weighted by atomic mass is 16.5. The number of hydrogen-bond donors (Lipinski definition) is 1. The van der Waals surface area contributed by atoms with Crippen molar-refractivity contribution in [2.24, 2.45) is 0 Å². The van der Waals surface area contributed by atoms with E-state index in [0.717, 1.165) is 25.3 Å². The molecule has 2 unspecified atom stereocenters. The van der Waals surface area contributed by atoms with Crippen LogP contribution >= 0.6 is 0 Å². The third-order valence-corrected chi connectivity index (χ3v) is 4.04. The van der Waals surface area contributed by atoms with Gasteiger partial charge >= 0.3 is 0 Å². The van der Waals surface area contributed by atoms with Crippen molar-refractivity contribution in [3.05, 3.63) is 48.3 Å². The van der Waals surface area contributed by atoms with Gasteiger partial charge in [-0.1, -0.05) is 12.1 Å². The van der Waals surface area contributed by atoms with Crippen LogP contribution in [0, 0.1) is 0 Å². The number of likely N-dealkylation sites (tertiary alicyclic amines) is 1. The Morgan fingerprint density at radius 3 is 3.00 bits per heavy atom. The van der Waals surface area contributed by atoms with Crippen LogP contribution < -0.4 is 4.74 Å². The van der Waals surface area contributed by atoms with Gasteiger partial charge in [-0.2, -0.15) is 5.10 Å². The molecule has 2 atom stereocenters. The minimum Gasteiger partial charge on any atom is -0.497 e. The Labute approximate surface area is 124 Å². The molecule has 5 heteroatoms. The zero-order valence-corrected chi connectivity index (χ0v) is 12.2. The summed E-state index contributed by atoms with van der Waals surface area (Å²) in [6.45, 7) is 2.42. The average Bonchev–Trinajstić information content (AvgIpc) is 3.14. The summed E-state index contributed by atoms with van der Waals surface area (Å²) in [5.41, 5.74) is 1.20. The van der Waals surface area contributed by atoms with Gasteiger partial charge in [-0.3, -0.25) is 9.58 Å². The smallest absolute Gasteiger partial charge is 0.119 e. The number of aromatic nitrogens is 2. The number of aliphatic hydroxyl groups is 1. The van der Waals surface area contributed by atoms with Crippen molar-refractivity contribution in [2.75, 3.05) is 20.2 Å². The van der Waals surface area contributed by atoms with E-state index in [9.17, 15) is 5.11 Å². The van der Waals surface area contributed by atoms with Crippen molar-refractivity contribution in [2.45, 2.75) is 25.1 Å². The van der Waals surface area contributed by atoms with E-state index in [4.69, 9.17) is 4.74 Å². The van der Waals surface area contributed by atoms with Crippen LogP contribution in [-0.2, 0) is 6.54 Å². The van der Waals surface area contributed by atoms with E-state index in [2.05, 4.69) is 22.1 Å². The van der Waals surface area contributed by atoms with E-state index in [1.54, 1.807) is 13.3 Å². The van der Waals surface area contributed by atoms with Gasteiger partial charge in [0.15, 0.2) is 0 Å². The Balaban J connectivity index is 1.72. The van der Waals surface area contributed by atoms with E-state index in [1.165, 1.54) is 5.56 Å². The summed E-state index contributed by atoms with van der Waals surface area (Å²) in [5.74, 6) is 0.862. The lowest BCUT2D eigenvalue weighted by Gasteiger charge is -2.24. The number of rotatable bonds is 5. The first-order valence-electron chi connectivity index (χ1n) is 7.30. The zero-order chi connectivity index (χ0) is 14.7. The first kappa shape index (κ1) is 14.1. The van der Waals surface area contributed by atoms with Crippen LogP contribution in [0.25, 0.3) is 0 Å². The standard InChI is InChI=1S/C16H21N3O2/c1-21-15-5-2-4-13(10-15)16-11-14(20)12-18(16)8-9-19-7-3-6-17-19/h2-7,10,14,16,20H,8-9,11-12H2,1H3. The van der Waals surface area contributed by atoms with Crippen LogP contribution in [0.1, 0.15) is 18.0 Å². The summed E-state index contributed by atoms with van der Waals surface area (Å²) in [7, 11) is 1.68. The minimum absolute atomic E-state index is 0.241. The zero-order valence-electron chi connectivity index (χ0n) is 12.2. The Morgan fingerprint density at radius 1 is 1.33 bits per heavy atom. The number of methoxy groups -OCH3 is 1. The average molecular weight is 287 g/mol. The molecular weight excluding hydrogens is 266 g/mol. The number of ether oxygens (including phenoxy) is 1. The molecule has 1 aromatic heterocycles. The highest BCUT2D eigenvalue weighted by Gasteiger charge is 2.31. The number of nitrogens with zero attached hydrogens (tertiary/aromatic N) is 3. The van der Waals surface area contributed by atoms with Gasteiger partial charge in [0.1, 0.15) is 5.75 Å². The monoisotopic (exact) mass is 287 g/mol. The van der Waals surface area contributed by atoms with Gasteiger partial charge in [0.05, 0.1) is 19.8 Å². The quantitative estimate of drug-likeness (QED) is 0.909. The topological polar surface area (TPSA) is 50.5 Å². The second kappa shape index (κ2) is 6.28. The van der Waals surface area contributed by atoms with Crippen molar-refractivity contribution in [1.82, 2.24) is 14.7 Å². The maximum atomic E-state index is 10.0. The molecular formula is C16H21N3O2. The Bertz CT molecular complexity index is 571. The summed E-state index contributed by atoms with van der Waals surface area (Å²) in [6, 6.07) is 10.3. The fourth-order valence-electron chi connectivity index (χ4n) is 2.99. The minimum atomic E-state index is -0.265. The molecule has 0 saturated carbocycles. The normalized spacial score (nSPS) is 22.6. The van der Waals surface area contributed by atoms with Crippen molar-refractivity contribution in [1.29, 1.82) is 0 Å². The second-order valence-electron chi connectivity index (χ2n) is 5.45. The summed E-state index contributed by atoms with van der Waals surface area (Å²) in [6.07, 6.45) is 4.26. The number of β-amino-alcohol motifs (C(OH)–C–C–N with tert-alkyl or cyclic N) is 1. The molecule has 0 bridgehead atoms. The molecule has 1 saturated heterocycles. The number of aliphatic hydroxyl groups excluding tert-OH is 1. The maximum Gasteiger partial charge on any atom is 0.119 e. The molecule has 0 amide bonds. The van der Waals surface area contributed by atoms with Crippen molar-refractivity contribution in [3.8, 4) is 5.75 Å². The highest BCUT2D eigenvalue weighted by molar-refractivity contribution is 5.31. The molecule has 112 valence electrons. The van der Waals surface area contributed by atoms with Crippen LogP contribution in [-0.4, -0.2) is 46.1 Å². The Morgan fingerprint density at radius 2 is 2.24 bits per heavy atom. The molecule has 2 aromatic rings. The van der Waals surface area contributed by atoms with Crippen molar-refractivity contribution < 1.29 is 9.84 Å². The number of hydrogen-bond acceptors (Lipinski definition) is 4. The van der Waals surface area contributed by atoms with Crippen LogP contribution in [0.5, 0.6) is 5.75 Å². The summed E-state index contributed by atoms with van der Waals surface area (Å²) in [4.78, 5) is 2.32. The molecule has 2 heterocycles. The lowest BCUT2D eigenvalue weighted by Crippen LogP contribution is -2.28. The number of benzene rings is 1. The third kappa shape index (κ3) is 3.25. The van der Waals surface area contributed by atoms with E-state index >= 15 is 0 Å². The predicted octanol–water partition coefficient (Wildman–Crippen LogP) is 1.70. The molecule has 0 aliphatic carbocycles. The SMILES string of the molecule is COc1cccc(C2CC(O)CN2CCn2cccn2)c1. The Hall–Kier alpha value is -1.85. The molecule has 1 fully saturated rings. The molecule has 1 aliphatic heterocycles. The summed E-state index contributed by atoms with van der Waals surface area (Å²) >= 11 is 0. The fourth-order valence-corrected chi connectivity index (χ4v) is 2.99. The lowest BCUT2D eigenvalue weighted by atomic mass is 10.0. The van der Waals surface area contributed by atoms with Crippen molar-refractivity contribution in [3.63, 3.8) is 0 Å².